The van der Waals surface area contributed by atoms with Gasteiger partial charge in [-0.15, -0.1) is 0 Å². The van der Waals surface area contributed by atoms with Crippen molar-refractivity contribution in [2.45, 2.75) is 58.7 Å². The fourth-order valence-corrected chi connectivity index (χ4v) is 3.82. The standard InChI is InChI=1S/C22H31O4P/c1-2-3-4-5-6-13-18-24-27(23,25-19-21-14-9-7-10-15-21)26-20-22-16-11-8-12-17-22/h7-12,14-17H,2-6,13,18-20H2,1H3. The van der Waals surface area contributed by atoms with Crippen LogP contribution in [0.15, 0.2) is 60.7 Å². The van der Waals surface area contributed by atoms with Gasteiger partial charge < -0.3 is 0 Å². The van der Waals surface area contributed by atoms with E-state index >= 15 is 0 Å². The molecule has 0 atom stereocenters. The fourth-order valence-electron chi connectivity index (χ4n) is 2.63. The highest BCUT2D eigenvalue weighted by molar-refractivity contribution is 7.48. The average Bonchev–Trinajstić information content (AvgIpc) is 2.72. The molecule has 4 nitrogen and oxygen atoms in total. The van der Waals surface area contributed by atoms with E-state index in [1.807, 2.05) is 60.7 Å². The molecule has 0 saturated heterocycles. The molecule has 0 saturated carbocycles. The minimum absolute atomic E-state index is 0.198. The van der Waals surface area contributed by atoms with Gasteiger partial charge in [0.2, 0.25) is 0 Å². The average molecular weight is 390 g/mol. The molecule has 148 valence electrons. The molecule has 27 heavy (non-hydrogen) atoms. The van der Waals surface area contributed by atoms with Crippen LogP contribution in [0.25, 0.3) is 0 Å². The molecule has 0 radical (unpaired) electrons. The summed E-state index contributed by atoms with van der Waals surface area (Å²) >= 11 is 0. The number of rotatable bonds is 14. The first-order valence-corrected chi connectivity index (χ1v) is 11.3. The van der Waals surface area contributed by atoms with Crippen molar-refractivity contribution in [2.24, 2.45) is 0 Å². The summed E-state index contributed by atoms with van der Waals surface area (Å²) in [7, 11) is -3.61. The van der Waals surface area contributed by atoms with Crippen LogP contribution in [0.1, 0.15) is 56.6 Å². The third kappa shape index (κ3) is 9.34. The Morgan fingerprint density at radius 3 is 1.67 bits per heavy atom. The predicted molar refractivity (Wildman–Crippen MR) is 109 cm³/mol. The van der Waals surface area contributed by atoms with Crippen molar-refractivity contribution in [3.63, 3.8) is 0 Å². The minimum Gasteiger partial charge on any atom is -0.287 e. The summed E-state index contributed by atoms with van der Waals surface area (Å²) in [6.07, 6.45) is 6.83. The number of phosphoric acid groups is 1. The molecule has 0 aliphatic rings. The van der Waals surface area contributed by atoms with Gasteiger partial charge >= 0.3 is 7.82 Å². The quantitative estimate of drug-likeness (QED) is 0.260. The lowest BCUT2D eigenvalue weighted by molar-refractivity contribution is 0.101. The van der Waals surface area contributed by atoms with E-state index in [-0.39, 0.29) is 13.2 Å². The van der Waals surface area contributed by atoms with E-state index < -0.39 is 7.82 Å². The molecule has 0 unspecified atom stereocenters. The Kier molecular flexibility index (Phi) is 10.4. The zero-order valence-corrected chi connectivity index (χ0v) is 17.1. The van der Waals surface area contributed by atoms with Crippen LogP contribution in [0.3, 0.4) is 0 Å². The van der Waals surface area contributed by atoms with Crippen molar-refractivity contribution < 1.29 is 18.1 Å². The molecule has 0 bridgehead atoms. The van der Waals surface area contributed by atoms with Gasteiger partial charge in [0.1, 0.15) is 0 Å². The van der Waals surface area contributed by atoms with Crippen LogP contribution in [-0.4, -0.2) is 6.61 Å². The predicted octanol–water partition coefficient (Wildman–Crippen LogP) is 6.91. The van der Waals surface area contributed by atoms with Crippen LogP contribution in [0.5, 0.6) is 0 Å². The molecule has 0 heterocycles. The summed E-state index contributed by atoms with van der Waals surface area (Å²) in [5.74, 6) is 0. The number of hydrogen-bond acceptors (Lipinski definition) is 4. The van der Waals surface area contributed by atoms with Crippen molar-refractivity contribution in [3.05, 3.63) is 71.8 Å². The van der Waals surface area contributed by atoms with Gasteiger partial charge in [0.05, 0.1) is 19.8 Å². The Bertz CT molecular complexity index is 613. The Balaban J connectivity index is 1.83. The molecule has 2 aromatic carbocycles. The summed E-state index contributed by atoms with van der Waals surface area (Å²) in [6, 6.07) is 19.3. The SMILES string of the molecule is CCCCCCCCOP(=O)(OCc1ccccc1)OCc1ccccc1. The summed E-state index contributed by atoms with van der Waals surface area (Å²) in [4.78, 5) is 0. The monoisotopic (exact) mass is 390 g/mol. The molecular formula is C22H31O4P. The molecule has 0 amide bonds. The van der Waals surface area contributed by atoms with Crippen molar-refractivity contribution in [2.75, 3.05) is 6.61 Å². The second-order valence-corrected chi connectivity index (χ2v) is 8.24. The molecule has 0 N–H and O–H groups in total. The van der Waals surface area contributed by atoms with Gasteiger partial charge in [-0.25, -0.2) is 4.57 Å². The van der Waals surface area contributed by atoms with Crippen LogP contribution >= 0.6 is 7.82 Å². The maximum atomic E-state index is 13.0. The molecule has 0 fully saturated rings. The van der Waals surface area contributed by atoms with E-state index in [0.29, 0.717) is 6.61 Å². The van der Waals surface area contributed by atoms with E-state index in [1.165, 1.54) is 25.7 Å². The Morgan fingerprint density at radius 2 is 1.15 bits per heavy atom. The Labute approximate surface area is 163 Å². The normalized spacial score (nSPS) is 11.6. The zero-order valence-electron chi connectivity index (χ0n) is 16.2. The van der Waals surface area contributed by atoms with E-state index in [1.54, 1.807) is 0 Å². The van der Waals surface area contributed by atoms with Crippen LogP contribution < -0.4 is 0 Å². The number of hydrogen-bond donors (Lipinski definition) is 0. The van der Waals surface area contributed by atoms with Crippen molar-refractivity contribution in [3.8, 4) is 0 Å². The summed E-state index contributed by atoms with van der Waals surface area (Å²) in [5, 5.41) is 0. The molecule has 2 rings (SSSR count). The first-order chi connectivity index (χ1) is 13.2. The van der Waals surface area contributed by atoms with Gasteiger partial charge in [-0.05, 0) is 17.5 Å². The largest absolute Gasteiger partial charge is 0.475 e. The summed E-state index contributed by atoms with van der Waals surface area (Å²) in [6.45, 7) is 2.98. The number of unbranched alkanes of at least 4 members (excludes halogenated alkanes) is 5. The molecule has 0 aliphatic heterocycles. The van der Waals surface area contributed by atoms with Gasteiger partial charge in [-0.3, -0.25) is 13.6 Å². The van der Waals surface area contributed by atoms with Crippen molar-refractivity contribution in [1.82, 2.24) is 0 Å². The first-order valence-electron chi connectivity index (χ1n) is 9.83. The van der Waals surface area contributed by atoms with Crippen molar-refractivity contribution >= 4 is 7.82 Å². The van der Waals surface area contributed by atoms with E-state index in [0.717, 1.165) is 24.0 Å². The van der Waals surface area contributed by atoms with Crippen LogP contribution in [0, 0.1) is 0 Å². The van der Waals surface area contributed by atoms with Crippen molar-refractivity contribution in [1.29, 1.82) is 0 Å². The minimum atomic E-state index is -3.61. The highest BCUT2D eigenvalue weighted by Gasteiger charge is 2.26. The Hall–Kier alpha value is -1.45. The van der Waals surface area contributed by atoms with E-state index in [9.17, 15) is 4.57 Å². The highest BCUT2D eigenvalue weighted by atomic mass is 31.2. The maximum absolute atomic E-state index is 13.0. The zero-order chi connectivity index (χ0) is 19.2. The fraction of sp³-hybridized carbons (Fsp3) is 0.455. The topological polar surface area (TPSA) is 44.8 Å². The molecule has 2 aromatic rings. The van der Waals surface area contributed by atoms with Gasteiger partial charge in [0, 0.05) is 0 Å². The molecule has 5 heteroatoms. The molecule has 0 aromatic heterocycles. The molecule has 0 aliphatic carbocycles. The third-order valence-corrected chi connectivity index (χ3v) is 5.60. The molecular weight excluding hydrogens is 359 g/mol. The second-order valence-electron chi connectivity index (χ2n) is 6.57. The van der Waals surface area contributed by atoms with Crippen LogP contribution in [0.4, 0.5) is 0 Å². The smallest absolute Gasteiger partial charge is 0.287 e. The van der Waals surface area contributed by atoms with E-state index in [4.69, 9.17) is 13.6 Å². The lowest BCUT2D eigenvalue weighted by Crippen LogP contribution is -2.03. The van der Waals surface area contributed by atoms with E-state index in [2.05, 4.69) is 6.92 Å². The lowest BCUT2D eigenvalue weighted by Gasteiger charge is -2.18. The van der Waals surface area contributed by atoms with Gasteiger partial charge in [-0.1, -0.05) is 99.7 Å². The maximum Gasteiger partial charge on any atom is 0.475 e. The summed E-state index contributed by atoms with van der Waals surface area (Å²) < 4.78 is 29.8. The number of benzene rings is 2. The summed E-state index contributed by atoms with van der Waals surface area (Å²) in [5.41, 5.74) is 1.87. The Morgan fingerprint density at radius 1 is 0.667 bits per heavy atom. The van der Waals surface area contributed by atoms with Gasteiger partial charge in [0.25, 0.3) is 0 Å². The molecule has 0 spiro atoms. The third-order valence-electron chi connectivity index (χ3n) is 4.21. The first kappa shape index (κ1) is 21.8. The van der Waals surface area contributed by atoms with Gasteiger partial charge in [-0.2, -0.15) is 0 Å². The van der Waals surface area contributed by atoms with Crippen LogP contribution in [-0.2, 0) is 31.4 Å². The highest BCUT2D eigenvalue weighted by Crippen LogP contribution is 2.51. The van der Waals surface area contributed by atoms with Gasteiger partial charge in [0.15, 0.2) is 0 Å². The lowest BCUT2D eigenvalue weighted by atomic mass is 10.1. The van der Waals surface area contributed by atoms with Crippen LogP contribution in [0.2, 0.25) is 0 Å². The number of phosphoric ester groups is 1. The second kappa shape index (κ2) is 12.9.